The van der Waals surface area contributed by atoms with Crippen molar-refractivity contribution < 1.29 is 9.53 Å². The molecule has 1 aromatic rings. The lowest BCUT2D eigenvalue weighted by Gasteiger charge is -2.20. The average molecular weight is 208 g/mol. The molecular formula is C11H12O2S. The number of benzene rings is 1. The van der Waals surface area contributed by atoms with Crippen LogP contribution in [0.3, 0.4) is 0 Å². The van der Waals surface area contributed by atoms with E-state index in [2.05, 4.69) is 6.92 Å². The summed E-state index contributed by atoms with van der Waals surface area (Å²) in [6, 6.07) is 5.64. The summed E-state index contributed by atoms with van der Waals surface area (Å²) < 4.78 is 5.13. The average Bonchev–Trinajstić information content (AvgIpc) is 2.16. The fourth-order valence-electron chi connectivity index (χ4n) is 1.59. The molecular weight excluding hydrogens is 196 g/mol. The second-order valence-electron chi connectivity index (χ2n) is 3.42. The van der Waals surface area contributed by atoms with Gasteiger partial charge in [0.25, 0.3) is 0 Å². The van der Waals surface area contributed by atoms with Gasteiger partial charge in [-0.25, -0.2) is 0 Å². The number of carbonyl (C=O) groups excluding carboxylic acids is 1. The molecule has 0 fully saturated rings. The Morgan fingerprint density at radius 3 is 3.00 bits per heavy atom. The van der Waals surface area contributed by atoms with E-state index in [4.69, 9.17) is 4.74 Å². The topological polar surface area (TPSA) is 26.3 Å². The second kappa shape index (κ2) is 3.65. The lowest BCUT2D eigenvalue weighted by molar-refractivity contribution is 0.0978. The van der Waals surface area contributed by atoms with Crippen LogP contribution >= 0.6 is 11.8 Å². The van der Waals surface area contributed by atoms with Crippen LogP contribution in [0.15, 0.2) is 23.1 Å². The summed E-state index contributed by atoms with van der Waals surface area (Å²) >= 11 is 1.74. The third kappa shape index (κ3) is 1.64. The molecule has 1 aliphatic rings. The molecule has 0 N–H and O–H groups in total. The van der Waals surface area contributed by atoms with E-state index in [9.17, 15) is 4.79 Å². The Labute approximate surface area is 87.6 Å². The monoisotopic (exact) mass is 208 g/mol. The zero-order valence-electron chi connectivity index (χ0n) is 8.24. The maximum atomic E-state index is 11.6. The van der Waals surface area contributed by atoms with Gasteiger partial charge in [-0.2, -0.15) is 0 Å². The quantitative estimate of drug-likeness (QED) is 0.710. The first kappa shape index (κ1) is 9.59. The van der Waals surface area contributed by atoms with Gasteiger partial charge in [-0.15, -0.1) is 11.8 Å². The molecule has 14 heavy (non-hydrogen) atoms. The Balaban J connectivity index is 2.44. The van der Waals surface area contributed by atoms with E-state index >= 15 is 0 Å². The molecule has 1 atom stereocenters. The highest BCUT2D eigenvalue weighted by Gasteiger charge is 2.22. The molecule has 0 aromatic heterocycles. The van der Waals surface area contributed by atoms with Crippen molar-refractivity contribution in [3.8, 4) is 5.75 Å². The Hall–Kier alpha value is -0.960. The zero-order valence-corrected chi connectivity index (χ0v) is 9.06. The first-order chi connectivity index (χ1) is 6.70. The van der Waals surface area contributed by atoms with Crippen molar-refractivity contribution in [3.05, 3.63) is 23.8 Å². The molecule has 0 spiro atoms. The fourth-order valence-corrected chi connectivity index (χ4v) is 2.75. The van der Waals surface area contributed by atoms with Gasteiger partial charge in [-0.05, 0) is 18.2 Å². The van der Waals surface area contributed by atoms with E-state index in [1.807, 2.05) is 18.2 Å². The number of Topliss-reactive ketones (excluding diaryl/α,β-unsaturated/α-hetero) is 1. The fraction of sp³-hybridized carbons (Fsp3) is 0.364. The summed E-state index contributed by atoms with van der Waals surface area (Å²) in [5.74, 6) is 1.06. The second-order valence-corrected chi connectivity index (χ2v) is 4.90. The van der Waals surface area contributed by atoms with Crippen LogP contribution in [0.4, 0.5) is 0 Å². The van der Waals surface area contributed by atoms with Gasteiger partial charge < -0.3 is 4.74 Å². The maximum absolute atomic E-state index is 11.6. The van der Waals surface area contributed by atoms with Gasteiger partial charge in [0.1, 0.15) is 5.75 Å². The van der Waals surface area contributed by atoms with Crippen molar-refractivity contribution in [3.63, 3.8) is 0 Å². The predicted octanol–water partition coefficient (Wildman–Crippen LogP) is 2.76. The number of hydrogen-bond acceptors (Lipinski definition) is 3. The van der Waals surface area contributed by atoms with Gasteiger partial charge in [0.2, 0.25) is 0 Å². The van der Waals surface area contributed by atoms with Crippen molar-refractivity contribution in [1.29, 1.82) is 0 Å². The number of ether oxygens (including phenoxy) is 1. The number of carbonyl (C=O) groups is 1. The normalized spacial score (nSPS) is 20.4. The molecule has 1 aliphatic heterocycles. The van der Waals surface area contributed by atoms with Gasteiger partial charge in [-0.1, -0.05) is 6.92 Å². The number of methoxy groups -OCH3 is 1. The van der Waals surface area contributed by atoms with E-state index in [0.29, 0.717) is 11.7 Å². The predicted molar refractivity (Wildman–Crippen MR) is 57.3 cm³/mol. The summed E-state index contributed by atoms with van der Waals surface area (Å²) in [5.41, 5.74) is 0.842. The van der Waals surface area contributed by atoms with Crippen molar-refractivity contribution in [2.24, 2.45) is 0 Å². The molecule has 2 nitrogen and oxygen atoms in total. The van der Waals surface area contributed by atoms with Gasteiger partial charge >= 0.3 is 0 Å². The summed E-state index contributed by atoms with van der Waals surface area (Å²) in [5, 5.41) is 0.377. The molecule has 3 heteroatoms. The number of fused-ring (bicyclic) bond motifs is 1. The molecule has 0 aliphatic carbocycles. The van der Waals surface area contributed by atoms with E-state index in [1.54, 1.807) is 18.9 Å². The molecule has 0 amide bonds. The maximum Gasteiger partial charge on any atom is 0.165 e. The largest absolute Gasteiger partial charge is 0.497 e. The summed E-state index contributed by atoms with van der Waals surface area (Å²) in [6.45, 7) is 2.07. The van der Waals surface area contributed by atoms with Gasteiger partial charge in [0.15, 0.2) is 5.78 Å². The minimum absolute atomic E-state index is 0.244. The lowest BCUT2D eigenvalue weighted by atomic mass is 10.1. The molecule has 0 unspecified atom stereocenters. The molecule has 1 heterocycles. The van der Waals surface area contributed by atoms with Crippen LogP contribution in [0.25, 0.3) is 0 Å². The van der Waals surface area contributed by atoms with E-state index in [-0.39, 0.29) is 5.78 Å². The van der Waals surface area contributed by atoms with E-state index in [1.165, 1.54) is 0 Å². The molecule has 2 rings (SSSR count). The van der Waals surface area contributed by atoms with Crippen molar-refractivity contribution >= 4 is 17.5 Å². The summed E-state index contributed by atoms with van der Waals surface area (Å²) in [6.07, 6.45) is 0.643. The van der Waals surface area contributed by atoms with Crippen LogP contribution in [0.1, 0.15) is 23.7 Å². The van der Waals surface area contributed by atoms with Crippen LogP contribution in [0, 0.1) is 0 Å². The van der Waals surface area contributed by atoms with Gasteiger partial charge in [0.05, 0.1) is 7.11 Å². The molecule has 0 saturated carbocycles. The van der Waals surface area contributed by atoms with Crippen LogP contribution in [0.2, 0.25) is 0 Å². The lowest BCUT2D eigenvalue weighted by Crippen LogP contribution is -2.14. The highest BCUT2D eigenvalue weighted by molar-refractivity contribution is 8.00. The number of thioether (sulfide) groups is 1. The molecule has 0 saturated heterocycles. The summed E-state index contributed by atoms with van der Waals surface area (Å²) in [7, 11) is 1.64. The van der Waals surface area contributed by atoms with E-state index < -0.39 is 0 Å². The number of rotatable bonds is 1. The number of ketones is 1. The highest BCUT2D eigenvalue weighted by atomic mass is 32.2. The standard InChI is InChI=1S/C11H12O2S/c1-7-5-10(12)9-4-3-8(13-2)6-11(9)14-7/h3-4,6-7H,5H2,1-2H3/t7-/m0/s1. The third-order valence-corrected chi connectivity index (χ3v) is 3.45. The minimum Gasteiger partial charge on any atom is -0.497 e. The zero-order chi connectivity index (χ0) is 10.1. The van der Waals surface area contributed by atoms with Crippen molar-refractivity contribution in [1.82, 2.24) is 0 Å². The molecule has 0 radical (unpaired) electrons. The smallest absolute Gasteiger partial charge is 0.165 e. The first-order valence-corrected chi connectivity index (χ1v) is 5.46. The Morgan fingerprint density at radius 1 is 1.50 bits per heavy atom. The third-order valence-electron chi connectivity index (χ3n) is 2.29. The molecule has 74 valence electrons. The van der Waals surface area contributed by atoms with Crippen molar-refractivity contribution in [2.75, 3.05) is 7.11 Å². The van der Waals surface area contributed by atoms with Crippen LogP contribution in [0.5, 0.6) is 5.75 Å². The van der Waals surface area contributed by atoms with Gasteiger partial charge in [0, 0.05) is 22.1 Å². The molecule has 0 bridgehead atoms. The Morgan fingerprint density at radius 2 is 2.29 bits per heavy atom. The molecule has 1 aromatic carbocycles. The van der Waals surface area contributed by atoms with Crippen LogP contribution in [-0.2, 0) is 0 Å². The van der Waals surface area contributed by atoms with E-state index in [0.717, 1.165) is 16.2 Å². The van der Waals surface area contributed by atoms with Crippen LogP contribution in [-0.4, -0.2) is 18.1 Å². The number of hydrogen-bond donors (Lipinski definition) is 0. The minimum atomic E-state index is 0.244. The SMILES string of the molecule is COc1ccc2c(c1)S[C@@H](C)CC2=O. The highest BCUT2D eigenvalue weighted by Crippen LogP contribution is 2.36. The summed E-state index contributed by atoms with van der Waals surface area (Å²) in [4.78, 5) is 12.7. The van der Waals surface area contributed by atoms with Crippen LogP contribution < -0.4 is 4.74 Å². The Bertz CT molecular complexity index is 374. The van der Waals surface area contributed by atoms with Gasteiger partial charge in [-0.3, -0.25) is 4.79 Å². The van der Waals surface area contributed by atoms with Crippen molar-refractivity contribution in [2.45, 2.75) is 23.5 Å². The Kier molecular flexibility index (Phi) is 2.50. The first-order valence-electron chi connectivity index (χ1n) is 4.58.